The van der Waals surface area contributed by atoms with Crippen molar-refractivity contribution in [2.75, 3.05) is 26.2 Å². The maximum atomic E-state index is 14.3. The Labute approximate surface area is 261 Å². The molecule has 2 amide bonds. The van der Waals surface area contributed by atoms with E-state index in [1.807, 2.05) is 59.5 Å². The normalized spacial score (nSPS) is 14.8. The number of carbonyl (C=O) groups excluding carboxylic acids is 2. The fraction of sp³-hybridized carbons (Fsp3) is 0.250. The Balaban J connectivity index is 1.39. The Morgan fingerprint density at radius 1 is 0.800 bits per heavy atom. The fourth-order valence-corrected chi connectivity index (χ4v) is 5.42. The topological polar surface area (TPSA) is 56.8 Å². The summed E-state index contributed by atoms with van der Waals surface area (Å²) < 4.78 is 39.1. The number of amides is 2. The molecule has 1 saturated heterocycles. The molecule has 0 saturated carbocycles. The first-order valence-electron chi connectivity index (χ1n) is 14.9. The molecule has 0 bridgehead atoms. The molecule has 0 aliphatic carbocycles. The summed E-state index contributed by atoms with van der Waals surface area (Å²) in [5.41, 5.74) is 2.56. The molecule has 1 atom stereocenters. The second-order valence-corrected chi connectivity index (χ2v) is 11.1. The van der Waals surface area contributed by atoms with Gasteiger partial charge in [-0.2, -0.15) is 13.2 Å². The second-order valence-electron chi connectivity index (χ2n) is 11.1. The van der Waals surface area contributed by atoms with Crippen molar-refractivity contribution in [3.8, 4) is 0 Å². The van der Waals surface area contributed by atoms with Crippen LogP contribution in [0, 0.1) is 0 Å². The van der Waals surface area contributed by atoms with Crippen molar-refractivity contribution in [1.29, 1.82) is 0 Å². The van der Waals surface area contributed by atoms with Crippen LogP contribution in [0.5, 0.6) is 0 Å². The molecule has 1 unspecified atom stereocenters. The zero-order valence-corrected chi connectivity index (χ0v) is 24.8. The number of alkyl halides is 3. The second kappa shape index (κ2) is 14.8. The van der Waals surface area contributed by atoms with Gasteiger partial charge in [0.2, 0.25) is 11.8 Å². The van der Waals surface area contributed by atoms with Gasteiger partial charge in [0.05, 0.1) is 5.56 Å². The minimum absolute atomic E-state index is 0.140. The highest BCUT2D eigenvalue weighted by molar-refractivity contribution is 5.95. The molecule has 3 aromatic carbocycles. The Bertz CT molecular complexity index is 1560. The largest absolute Gasteiger partial charge is 0.416 e. The van der Waals surface area contributed by atoms with Gasteiger partial charge in [0.1, 0.15) is 6.04 Å². The lowest BCUT2D eigenvalue weighted by Gasteiger charge is -2.39. The maximum absolute atomic E-state index is 14.3. The molecule has 1 fully saturated rings. The molecule has 1 aliphatic heterocycles. The number of halogens is 3. The van der Waals surface area contributed by atoms with E-state index in [1.165, 1.54) is 29.8 Å². The molecule has 9 heteroatoms. The van der Waals surface area contributed by atoms with Crippen molar-refractivity contribution < 1.29 is 22.8 Å². The van der Waals surface area contributed by atoms with Crippen LogP contribution in [0.25, 0.3) is 6.08 Å². The molecule has 4 aromatic rings. The average molecular weight is 613 g/mol. The van der Waals surface area contributed by atoms with Gasteiger partial charge in [-0.25, -0.2) is 0 Å². The van der Waals surface area contributed by atoms with Gasteiger partial charge in [-0.15, -0.1) is 0 Å². The van der Waals surface area contributed by atoms with Crippen LogP contribution in [0.3, 0.4) is 0 Å². The lowest BCUT2D eigenvalue weighted by Crippen LogP contribution is -2.56. The number of pyridine rings is 1. The third kappa shape index (κ3) is 8.89. The minimum atomic E-state index is -4.45. The summed E-state index contributed by atoms with van der Waals surface area (Å²) in [5.74, 6) is -0.561. The first kappa shape index (κ1) is 31.7. The standard InChI is InChI=1S/C36H35F3N4O2/c37-36(38,39)32-16-13-28(14-17-32)15-18-34(44)43(27-31-12-7-19-40-25-31)33(24-29-8-3-1-4-9-29)35(45)42-22-20-41(21-23-42)26-30-10-5-2-6-11-30/h1-19,25,33H,20-24,26-27H2/b18-15+. The van der Waals surface area contributed by atoms with Gasteiger partial charge in [0.15, 0.2) is 0 Å². The van der Waals surface area contributed by atoms with Crippen molar-refractivity contribution in [3.05, 3.63) is 143 Å². The highest BCUT2D eigenvalue weighted by Gasteiger charge is 2.34. The summed E-state index contributed by atoms with van der Waals surface area (Å²) in [6.45, 7) is 3.44. The third-order valence-corrected chi connectivity index (χ3v) is 7.88. The van der Waals surface area contributed by atoms with E-state index in [2.05, 4.69) is 22.0 Å². The number of rotatable bonds is 10. The zero-order valence-electron chi connectivity index (χ0n) is 24.8. The summed E-state index contributed by atoms with van der Waals surface area (Å²) in [4.78, 5) is 38.0. The van der Waals surface area contributed by atoms with Gasteiger partial charge < -0.3 is 9.80 Å². The highest BCUT2D eigenvalue weighted by Crippen LogP contribution is 2.29. The van der Waals surface area contributed by atoms with Gasteiger partial charge in [-0.1, -0.05) is 78.9 Å². The minimum Gasteiger partial charge on any atom is -0.338 e. The van der Waals surface area contributed by atoms with Crippen LogP contribution in [0.1, 0.15) is 27.8 Å². The Hall–Kier alpha value is -4.76. The van der Waals surface area contributed by atoms with E-state index in [1.54, 1.807) is 23.4 Å². The molecule has 0 N–H and O–H groups in total. The van der Waals surface area contributed by atoms with E-state index in [4.69, 9.17) is 0 Å². The molecule has 6 nitrogen and oxygen atoms in total. The molecule has 5 rings (SSSR count). The first-order valence-corrected chi connectivity index (χ1v) is 14.9. The van der Waals surface area contributed by atoms with Crippen LogP contribution in [0.15, 0.2) is 116 Å². The predicted molar refractivity (Wildman–Crippen MR) is 167 cm³/mol. The van der Waals surface area contributed by atoms with Crippen molar-refractivity contribution in [2.45, 2.75) is 31.7 Å². The van der Waals surface area contributed by atoms with Crippen molar-refractivity contribution >= 4 is 17.9 Å². The van der Waals surface area contributed by atoms with Crippen LogP contribution >= 0.6 is 0 Å². The van der Waals surface area contributed by atoms with Gasteiger partial charge in [-0.05, 0) is 46.5 Å². The van der Waals surface area contributed by atoms with Crippen LogP contribution in [0.2, 0.25) is 0 Å². The molecule has 2 heterocycles. The number of piperazine rings is 1. The lowest BCUT2D eigenvalue weighted by atomic mass is 10.0. The van der Waals surface area contributed by atoms with Crippen LogP contribution in [-0.2, 0) is 35.3 Å². The number of benzene rings is 3. The lowest BCUT2D eigenvalue weighted by molar-refractivity contribution is -0.145. The van der Waals surface area contributed by atoms with E-state index < -0.39 is 23.7 Å². The quantitative estimate of drug-likeness (QED) is 0.203. The summed E-state index contributed by atoms with van der Waals surface area (Å²) in [5, 5.41) is 0. The van der Waals surface area contributed by atoms with Gasteiger partial charge in [0.25, 0.3) is 0 Å². The molecule has 1 aliphatic rings. The molecule has 0 radical (unpaired) electrons. The molecule has 45 heavy (non-hydrogen) atoms. The number of hydrogen-bond acceptors (Lipinski definition) is 4. The van der Waals surface area contributed by atoms with Crippen molar-refractivity contribution in [3.63, 3.8) is 0 Å². The Kier molecular flexibility index (Phi) is 10.4. The van der Waals surface area contributed by atoms with Crippen LogP contribution < -0.4 is 0 Å². The summed E-state index contributed by atoms with van der Waals surface area (Å²) >= 11 is 0. The van der Waals surface area contributed by atoms with E-state index in [9.17, 15) is 22.8 Å². The smallest absolute Gasteiger partial charge is 0.338 e. The predicted octanol–water partition coefficient (Wildman–Crippen LogP) is 6.10. The van der Waals surface area contributed by atoms with E-state index >= 15 is 0 Å². The highest BCUT2D eigenvalue weighted by atomic mass is 19.4. The summed E-state index contributed by atoms with van der Waals surface area (Å²) in [6.07, 6.45) is 1.96. The molecule has 0 spiro atoms. The molecular formula is C36H35F3N4O2. The fourth-order valence-electron chi connectivity index (χ4n) is 5.42. The van der Waals surface area contributed by atoms with Crippen LogP contribution in [-0.4, -0.2) is 63.7 Å². The molecular weight excluding hydrogens is 577 g/mol. The van der Waals surface area contributed by atoms with Gasteiger partial charge in [-0.3, -0.25) is 19.5 Å². The molecule has 232 valence electrons. The van der Waals surface area contributed by atoms with Crippen molar-refractivity contribution in [1.82, 2.24) is 19.7 Å². The summed E-state index contributed by atoms with van der Waals surface area (Å²) in [7, 11) is 0. The van der Waals surface area contributed by atoms with Crippen LogP contribution in [0.4, 0.5) is 13.2 Å². The Morgan fingerprint density at radius 2 is 1.42 bits per heavy atom. The monoisotopic (exact) mass is 612 g/mol. The maximum Gasteiger partial charge on any atom is 0.416 e. The number of carbonyl (C=O) groups is 2. The molecule has 1 aromatic heterocycles. The summed E-state index contributed by atoms with van der Waals surface area (Å²) in [6, 6.07) is 27.2. The SMILES string of the molecule is O=C(C(Cc1ccccc1)N(Cc1cccnc1)C(=O)/C=C/c1ccc(C(F)(F)F)cc1)N1CCN(Cc2ccccc2)CC1. The van der Waals surface area contributed by atoms with E-state index in [0.29, 0.717) is 38.2 Å². The van der Waals surface area contributed by atoms with E-state index in [-0.39, 0.29) is 12.5 Å². The van der Waals surface area contributed by atoms with Gasteiger partial charge in [0, 0.05) is 64.2 Å². The zero-order chi connectivity index (χ0) is 31.6. The number of hydrogen-bond donors (Lipinski definition) is 0. The third-order valence-electron chi connectivity index (χ3n) is 7.88. The van der Waals surface area contributed by atoms with Gasteiger partial charge >= 0.3 is 6.18 Å². The number of nitrogens with zero attached hydrogens (tertiary/aromatic N) is 4. The number of aromatic nitrogens is 1. The average Bonchev–Trinajstić information content (AvgIpc) is 3.06. The Morgan fingerprint density at radius 3 is 2.02 bits per heavy atom. The van der Waals surface area contributed by atoms with Crippen molar-refractivity contribution in [2.24, 2.45) is 0 Å². The first-order chi connectivity index (χ1) is 21.8. The van der Waals surface area contributed by atoms with E-state index in [0.717, 1.165) is 29.8 Å².